The summed E-state index contributed by atoms with van der Waals surface area (Å²) in [4.78, 5) is 56.7. The summed E-state index contributed by atoms with van der Waals surface area (Å²) in [6.45, 7) is 10.6. The molecule has 12 heteroatoms. The molecule has 3 N–H and O–H groups in total. The van der Waals surface area contributed by atoms with Gasteiger partial charge in [-0.3, -0.25) is 9.69 Å². The van der Waals surface area contributed by atoms with Crippen molar-refractivity contribution in [3.05, 3.63) is 96.9 Å². The van der Waals surface area contributed by atoms with Gasteiger partial charge in [0.1, 0.15) is 23.8 Å². The molecule has 3 amide bonds. The van der Waals surface area contributed by atoms with Crippen LogP contribution in [0.5, 0.6) is 0 Å². The van der Waals surface area contributed by atoms with E-state index in [9.17, 15) is 14.4 Å². The average molecular weight is 702 g/mol. The van der Waals surface area contributed by atoms with Crippen molar-refractivity contribution in [2.45, 2.75) is 57.7 Å². The SMILES string of the molecule is C=C1C[C@@H](c2ncc(-c3ccc(-c4ccc5cc(-c6cnc([C@@H]7CCCN7C(=O)CNC(=O)OC)[nH]6)ccc5c4)cc3)[nH]2)N(C(=O)OC(C)(C)C)C1. The van der Waals surface area contributed by atoms with E-state index in [-0.39, 0.29) is 30.6 Å². The topological polar surface area (TPSA) is 146 Å². The van der Waals surface area contributed by atoms with Gasteiger partial charge in [-0.15, -0.1) is 0 Å². The van der Waals surface area contributed by atoms with Crippen LogP contribution in [0.2, 0.25) is 0 Å². The Hall–Kier alpha value is -5.91. The molecule has 5 aromatic rings. The first-order chi connectivity index (χ1) is 25.0. The number of fused-ring (bicyclic) bond motifs is 1. The third kappa shape index (κ3) is 7.27. The number of nitrogens with zero attached hydrogens (tertiary/aromatic N) is 4. The van der Waals surface area contributed by atoms with Gasteiger partial charge in [-0.1, -0.05) is 60.7 Å². The number of carbonyl (C=O) groups excluding carboxylic acids is 3. The Bertz CT molecular complexity index is 2150. The quantitative estimate of drug-likeness (QED) is 0.149. The normalized spacial score (nSPS) is 17.5. The number of amides is 3. The molecule has 0 aliphatic carbocycles. The Labute approximate surface area is 302 Å². The van der Waals surface area contributed by atoms with Crippen molar-refractivity contribution in [3.63, 3.8) is 0 Å². The lowest BCUT2D eigenvalue weighted by atomic mass is 9.98. The van der Waals surface area contributed by atoms with Crippen molar-refractivity contribution in [3.8, 4) is 33.6 Å². The number of likely N-dealkylation sites (tertiary alicyclic amines) is 2. The van der Waals surface area contributed by atoms with Gasteiger partial charge in [0, 0.05) is 18.7 Å². The van der Waals surface area contributed by atoms with Crippen LogP contribution in [0.3, 0.4) is 0 Å². The van der Waals surface area contributed by atoms with Crippen LogP contribution in [0.4, 0.5) is 9.59 Å². The largest absolute Gasteiger partial charge is 0.453 e. The maximum absolute atomic E-state index is 12.9. The molecule has 4 heterocycles. The van der Waals surface area contributed by atoms with Crippen LogP contribution in [0.1, 0.15) is 63.8 Å². The second kappa shape index (κ2) is 14.0. The number of benzene rings is 3. The van der Waals surface area contributed by atoms with E-state index in [1.165, 1.54) is 7.11 Å². The number of H-pyrrole nitrogens is 2. The smallest absolute Gasteiger partial charge is 0.411 e. The second-order valence-corrected chi connectivity index (χ2v) is 14.4. The molecular weight excluding hydrogens is 658 g/mol. The molecule has 7 rings (SSSR count). The Morgan fingerprint density at radius 3 is 2.12 bits per heavy atom. The highest BCUT2D eigenvalue weighted by Gasteiger charge is 2.37. The molecule has 2 fully saturated rings. The van der Waals surface area contributed by atoms with E-state index >= 15 is 0 Å². The van der Waals surface area contributed by atoms with Gasteiger partial charge in [-0.2, -0.15) is 0 Å². The Morgan fingerprint density at radius 1 is 0.846 bits per heavy atom. The van der Waals surface area contributed by atoms with Gasteiger partial charge in [0.05, 0.1) is 43.0 Å². The van der Waals surface area contributed by atoms with Gasteiger partial charge in [0.2, 0.25) is 5.91 Å². The van der Waals surface area contributed by atoms with Crippen molar-refractivity contribution >= 4 is 28.9 Å². The number of rotatable bonds is 7. The van der Waals surface area contributed by atoms with Crippen LogP contribution < -0.4 is 5.32 Å². The summed E-state index contributed by atoms with van der Waals surface area (Å²) >= 11 is 0. The monoisotopic (exact) mass is 701 g/mol. The summed E-state index contributed by atoms with van der Waals surface area (Å²) in [5, 5.41) is 4.68. The van der Waals surface area contributed by atoms with E-state index in [1.54, 1.807) is 9.80 Å². The minimum absolute atomic E-state index is 0.117. The molecular formula is C40H43N7O5. The second-order valence-electron chi connectivity index (χ2n) is 14.4. The molecule has 2 aliphatic rings. The maximum Gasteiger partial charge on any atom is 0.411 e. The van der Waals surface area contributed by atoms with Crippen molar-refractivity contribution < 1.29 is 23.9 Å². The van der Waals surface area contributed by atoms with E-state index in [1.807, 2.05) is 33.2 Å². The zero-order valence-corrected chi connectivity index (χ0v) is 29.9. The van der Waals surface area contributed by atoms with Crippen molar-refractivity contribution in [2.75, 3.05) is 26.7 Å². The van der Waals surface area contributed by atoms with Crippen LogP contribution in [0, 0.1) is 0 Å². The number of aromatic nitrogens is 4. The molecule has 12 nitrogen and oxygen atoms in total. The third-order valence-electron chi connectivity index (χ3n) is 9.53. The van der Waals surface area contributed by atoms with Gasteiger partial charge in [0.25, 0.3) is 0 Å². The van der Waals surface area contributed by atoms with Crippen LogP contribution in [0.15, 0.2) is 85.2 Å². The Kier molecular flexibility index (Phi) is 9.31. The highest BCUT2D eigenvalue weighted by atomic mass is 16.6. The first kappa shape index (κ1) is 34.5. The summed E-state index contributed by atoms with van der Waals surface area (Å²) < 4.78 is 10.2. The van der Waals surface area contributed by atoms with Gasteiger partial charge < -0.3 is 29.7 Å². The Balaban J connectivity index is 1.03. The number of nitrogens with one attached hydrogen (secondary N) is 3. The lowest BCUT2D eigenvalue weighted by Crippen LogP contribution is -2.40. The number of carbonyl (C=O) groups is 3. The van der Waals surface area contributed by atoms with Crippen molar-refractivity contribution in [2.24, 2.45) is 0 Å². The number of alkyl carbamates (subject to hydrolysis) is 1. The molecule has 0 radical (unpaired) electrons. The standard InChI is InChI=1S/C40H43N7O5/c1-24-17-34(47(23-24)39(50)52-40(2,3)4)37-42-20-31(44-37)26-10-8-25(9-11-26)27-12-13-29-19-30(15-14-28(29)18-27)32-21-41-36(45-32)33-7-6-16-46(33)35(48)22-43-38(49)51-5/h8-15,18-21,33-34H,1,6-7,16-17,22-23H2,2-5H3,(H,41,45)(H,42,44)(H,43,49)/t33-,34-/m0/s1. The van der Waals surface area contributed by atoms with Crippen molar-refractivity contribution in [1.29, 1.82) is 0 Å². The summed E-state index contributed by atoms with van der Waals surface area (Å²) in [5.41, 5.74) is 6.32. The summed E-state index contributed by atoms with van der Waals surface area (Å²) in [5.74, 6) is 1.28. The average Bonchev–Trinajstić information content (AvgIpc) is 3.96. The lowest BCUT2D eigenvalue weighted by molar-refractivity contribution is -0.131. The van der Waals surface area contributed by atoms with Crippen LogP contribution in [-0.2, 0) is 14.3 Å². The number of hydrogen-bond donors (Lipinski definition) is 3. The Morgan fingerprint density at radius 2 is 1.44 bits per heavy atom. The maximum atomic E-state index is 12.9. The number of aromatic amines is 2. The molecule has 2 saturated heterocycles. The van der Waals surface area contributed by atoms with E-state index in [0.717, 1.165) is 68.7 Å². The fourth-order valence-corrected chi connectivity index (χ4v) is 6.97. The number of imidazole rings is 2. The highest BCUT2D eigenvalue weighted by Crippen LogP contribution is 2.36. The predicted octanol–water partition coefficient (Wildman–Crippen LogP) is 7.54. The highest BCUT2D eigenvalue weighted by molar-refractivity contribution is 5.90. The zero-order valence-electron chi connectivity index (χ0n) is 29.9. The molecule has 2 aliphatic heterocycles. The summed E-state index contributed by atoms with van der Waals surface area (Å²) in [7, 11) is 1.27. The van der Waals surface area contributed by atoms with Gasteiger partial charge in [0.15, 0.2) is 0 Å². The molecule has 3 aromatic carbocycles. The van der Waals surface area contributed by atoms with Gasteiger partial charge in [-0.05, 0) is 79.6 Å². The number of methoxy groups -OCH3 is 1. The molecule has 52 heavy (non-hydrogen) atoms. The first-order valence-corrected chi connectivity index (χ1v) is 17.5. The summed E-state index contributed by atoms with van der Waals surface area (Å²) in [6, 6.07) is 20.7. The third-order valence-corrected chi connectivity index (χ3v) is 9.53. The minimum Gasteiger partial charge on any atom is -0.453 e. The molecule has 0 spiro atoms. The molecule has 2 aromatic heterocycles. The summed E-state index contributed by atoms with van der Waals surface area (Å²) in [6.07, 6.45) is 4.92. The number of ether oxygens (including phenoxy) is 2. The fourth-order valence-electron chi connectivity index (χ4n) is 6.97. The van der Waals surface area contributed by atoms with Gasteiger partial charge in [-0.25, -0.2) is 19.6 Å². The first-order valence-electron chi connectivity index (χ1n) is 17.5. The fraction of sp³-hybridized carbons (Fsp3) is 0.325. The van der Waals surface area contributed by atoms with E-state index in [0.29, 0.717) is 25.3 Å². The van der Waals surface area contributed by atoms with E-state index in [4.69, 9.17) is 4.74 Å². The van der Waals surface area contributed by atoms with Crippen LogP contribution >= 0.6 is 0 Å². The van der Waals surface area contributed by atoms with Gasteiger partial charge >= 0.3 is 12.2 Å². The molecule has 2 atom stereocenters. The van der Waals surface area contributed by atoms with Crippen molar-refractivity contribution in [1.82, 2.24) is 35.1 Å². The van der Waals surface area contributed by atoms with Crippen LogP contribution in [0.25, 0.3) is 44.4 Å². The van der Waals surface area contributed by atoms with E-state index in [2.05, 4.69) is 97.2 Å². The minimum atomic E-state index is -0.631. The number of hydrogen-bond acceptors (Lipinski definition) is 7. The molecule has 0 saturated carbocycles. The van der Waals surface area contributed by atoms with Crippen LogP contribution in [-0.4, -0.2) is 80.2 Å². The molecule has 0 bridgehead atoms. The molecule has 0 unspecified atom stereocenters. The molecule has 268 valence electrons. The zero-order chi connectivity index (χ0) is 36.6. The predicted molar refractivity (Wildman–Crippen MR) is 198 cm³/mol. The lowest BCUT2D eigenvalue weighted by Gasteiger charge is -2.27. The van der Waals surface area contributed by atoms with E-state index < -0.39 is 11.7 Å².